The van der Waals surface area contributed by atoms with Gasteiger partial charge in [0.25, 0.3) is 0 Å². The smallest absolute Gasteiger partial charge is 0.140 e. The summed E-state index contributed by atoms with van der Waals surface area (Å²) in [7, 11) is 0. The first-order valence-electron chi connectivity index (χ1n) is 5.58. The maximum absolute atomic E-state index is 10.6. The second-order valence-electron chi connectivity index (χ2n) is 4.03. The number of imidazole rings is 1. The van der Waals surface area contributed by atoms with E-state index in [1.54, 1.807) is 6.20 Å². The number of aromatic nitrogens is 2. The molecule has 4 heteroatoms. The average Bonchev–Trinajstić information content (AvgIpc) is 2.62. The van der Waals surface area contributed by atoms with Gasteiger partial charge in [0.1, 0.15) is 11.4 Å². The number of aliphatic hydroxyl groups is 1. The Hall–Kier alpha value is -0.870. The highest BCUT2D eigenvalue weighted by atomic mass is 16.5. The second kappa shape index (κ2) is 4.33. The molecule has 1 unspecified atom stereocenters. The lowest BCUT2D eigenvalue weighted by Crippen LogP contribution is -2.30. The fraction of sp³-hybridized carbons (Fsp3) is 0.727. The molecule has 84 valence electrons. The van der Waals surface area contributed by atoms with Gasteiger partial charge in [-0.1, -0.05) is 0 Å². The Morgan fingerprint density at radius 1 is 1.53 bits per heavy atom. The quantitative estimate of drug-likeness (QED) is 0.800. The summed E-state index contributed by atoms with van der Waals surface area (Å²) < 4.78 is 7.37. The summed E-state index contributed by atoms with van der Waals surface area (Å²) in [6, 6.07) is 0. The molecule has 0 aromatic carbocycles. The standard InChI is InChI=1S/C11H18N2O2/c1-2-13-7-6-12-10(13)11(14)4-3-8-15-9-5-11/h6-7,14H,2-5,8-9H2,1H3. The molecule has 0 radical (unpaired) electrons. The van der Waals surface area contributed by atoms with E-state index >= 15 is 0 Å². The van der Waals surface area contributed by atoms with Gasteiger partial charge >= 0.3 is 0 Å². The molecular weight excluding hydrogens is 192 g/mol. The Morgan fingerprint density at radius 2 is 2.40 bits per heavy atom. The van der Waals surface area contributed by atoms with Crippen molar-refractivity contribution in [3.8, 4) is 0 Å². The van der Waals surface area contributed by atoms with Crippen LogP contribution in [0.25, 0.3) is 0 Å². The van der Waals surface area contributed by atoms with Crippen LogP contribution in [-0.2, 0) is 16.9 Å². The zero-order valence-corrected chi connectivity index (χ0v) is 9.15. The van der Waals surface area contributed by atoms with Crippen molar-refractivity contribution in [2.45, 2.75) is 38.3 Å². The van der Waals surface area contributed by atoms with Gasteiger partial charge in [-0.05, 0) is 19.8 Å². The van der Waals surface area contributed by atoms with Gasteiger partial charge in [-0.25, -0.2) is 4.98 Å². The van der Waals surface area contributed by atoms with E-state index in [1.165, 1.54) is 0 Å². The average molecular weight is 210 g/mol. The SMILES string of the molecule is CCn1ccnc1C1(O)CCCOCC1. The Morgan fingerprint density at radius 3 is 3.20 bits per heavy atom. The van der Waals surface area contributed by atoms with Crippen LogP contribution in [-0.4, -0.2) is 27.9 Å². The fourth-order valence-corrected chi connectivity index (χ4v) is 2.13. The number of aryl methyl sites for hydroxylation is 1. The second-order valence-corrected chi connectivity index (χ2v) is 4.03. The zero-order valence-electron chi connectivity index (χ0n) is 9.15. The minimum Gasteiger partial charge on any atom is -0.382 e. The molecule has 1 aliphatic rings. The van der Waals surface area contributed by atoms with E-state index in [4.69, 9.17) is 4.74 Å². The highest BCUT2D eigenvalue weighted by Gasteiger charge is 2.34. The number of rotatable bonds is 2. The van der Waals surface area contributed by atoms with E-state index in [0.717, 1.165) is 31.8 Å². The largest absolute Gasteiger partial charge is 0.382 e. The third-order valence-corrected chi connectivity index (χ3v) is 3.01. The number of nitrogens with zero attached hydrogens (tertiary/aromatic N) is 2. The molecule has 1 aromatic heterocycles. The third kappa shape index (κ3) is 2.06. The Kier molecular flexibility index (Phi) is 3.07. The van der Waals surface area contributed by atoms with Crippen molar-refractivity contribution in [2.75, 3.05) is 13.2 Å². The molecule has 1 atom stereocenters. The minimum absolute atomic E-state index is 0.618. The first kappa shape index (κ1) is 10.6. The molecule has 0 saturated carbocycles. The Balaban J connectivity index is 2.26. The number of ether oxygens (including phenoxy) is 1. The molecule has 1 fully saturated rings. The monoisotopic (exact) mass is 210 g/mol. The summed E-state index contributed by atoms with van der Waals surface area (Å²) in [6.07, 6.45) is 5.95. The molecule has 1 aliphatic heterocycles. The van der Waals surface area contributed by atoms with Crippen LogP contribution in [0.2, 0.25) is 0 Å². The fourth-order valence-electron chi connectivity index (χ4n) is 2.13. The number of hydrogen-bond acceptors (Lipinski definition) is 3. The van der Waals surface area contributed by atoms with E-state index in [0.29, 0.717) is 13.0 Å². The van der Waals surface area contributed by atoms with Crippen LogP contribution in [0.15, 0.2) is 12.4 Å². The van der Waals surface area contributed by atoms with Crippen molar-refractivity contribution >= 4 is 0 Å². The summed E-state index contributed by atoms with van der Waals surface area (Å²) in [5.41, 5.74) is -0.796. The van der Waals surface area contributed by atoms with E-state index in [-0.39, 0.29) is 0 Å². The molecule has 1 N–H and O–H groups in total. The Bertz CT molecular complexity index is 314. The lowest BCUT2D eigenvalue weighted by atomic mass is 9.94. The van der Waals surface area contributed by atoms with Gasteiger partial charge < -0.3 is 14.4 Å². The van der Waals surface area contributed by atoms with Gasteiger partial charge in [0.2, 0.25) is 0 Å². The minimum atomic E-state index is -0.796. The molecule has 2 rings (SSSR count). The lowest BCUT2D eigenvalue weighted by molar-refractivity contribution is 0.00317. The van der Waals surface area contributed by atoms with Gasteiger partial charge in [0.05, 0.1) is 0 Å². The van der Waals surface area contributed by atoms with Gasteiger partial charge in [0, 0.05) is 38.6 Å². The van der Waals surface area contributed by atoms with Crippen molar-refractivity contribution in [3.05, 3.63) is 18.2 Å². The Labute approximate surface area is 89.9 Å². The normalized spacial score (nSPS) is 27.6. The zero-order chi connectivity index (χ0) is 10.7. The lowest BCUT2D eigenvalue weighted by Gasteiger charge is -2.25. The summed E-state index contributed by atoms with van der Waals surface area (Å²) >= 11 is 0. The first-order valence-corrected chi connectivity index (χ1v) is 5.58. The first-order chi connectivity index (χ1) is 7.26. The molecule has 0 aliphatic carbocycles. The highest BCUT2D eigenvalue weighted by molar-refractivity contribution is 5.05. The molecule has 1 aromatic rings. The van der Waals surface area contributed by atoms with Crippen LogP contribution in [0.4, 0.5) is 0 Å². The van der Waals surface area contributed by atoms with Crippen molar-refractivity contribution in [3.63, 3.8) is 0 Å². The van der Waals surface area contributed by atoms with Gasteiger partial charge in [-0.2, -0.15) is 0 Å². The molecule has 0 spiro atoms. The molecule has 0 bridgehead atoms. The van der Waals surface area contributed by atoms with Crippen LogP contribution < -0.4 is 0 Å². The van der Waals surface area contributed by atoms with Crippen LogP contribution in [0.5, 0.6) is 0 Å². The van der Waals surface area contributed by atoms with Crippen molar-refractivity contribution < 1.29 is 9.84 Å². The summed E-state index contributed by atoms with van der Waals surface area (Å²) in [5.74, 6) is 0.788. The third-order valence-electron chi connectivity index (χ3n) is 3.01. The molecule has 4 nitrogen and oxygen atoms in total. The predicted molar refractivity (Wildman–Crippen MR) is 56.5 cm³/mol. The van der Waals surface area contributed by atoms with E-state index in [2.05, 4.69) is 11.9 Å². The molecule has 0 amide bonds. The van der Waals surface area contributed by atoms with E-state index < -0.39 is 5.60 Å². The summed E-state index contributed by atoms with van der Waals surface area (Å²) in [4.78, 5) is 4.28. The summed E-state index contributed by atoms with van der Waals surface area (Å²) in [6.45, 7) is 4.27. The van der Waals surface area contributed by atoms with E-state index in [9.17, 15) is 5.11 Å². The van der Waals surface area contributed by atoms with Crippen molar-refractivity contribution in [1.82, 2.24) is 9.55 Å². The topological polar surface area (TPSA) is 47.3 Å². The van der Waals surface area contributed by atoms with Gasteiger partial charge in [-0.15, -0.1) is 0 Å². The number of hydrogen-bond donors (Lipinski definition) is 1. The maximum atomic E-state index is 10.6. The molecular formula is C11H18N2O2. The van der Waals surface area contributed by atoms with E-state index in [1.807, 2.05) is 10.8 Å². The van der Waals surface area contributed by atoms with Crippen LogP contribution in [0.1, 0.15) is 32.0 Å². The molecule has 1 saturated heterocycles. The van der Waals surface area contributed by atoms with Crippen molar-refractivity contribution in [2.24, 2.45) is 0 Å². The summed E-state index contributed by atoms with van der Waals surface area (Å²) in [5, 5.41) is 10.6. The highest BCUT2D eigenvalue weighted by Crippen LogP contribution is 2.30. The molecule has 15 heavy (non-hydrogen) atoms. The maximum Gasteiger partial charge on any atom is 0.140 e. The van der Waals surface area contributed by atoms with Crippen LogP contribution >= 0.6 is 0 Å². The van der Waals surface area contributed by atoms with Gasteiger partial charge in [0.15, 0.2) is 0 Å². The van der Waals surface area contributed by atoms with Gasteiger partial charge in [-0.3, -0.25) is 0 Å². The van der Waals surface area contributed by atoms with Crippen molar-refractivity contribution in [1.29, 1.82) is 0 Å². The van der Waals surface area contributed by atoms with Crippen LogP contribution in [0.3, 0.4) is 0 Å². The predicted octanol–water partition coefficient (Wildman–Crippen LogP) is 1.29. The van der Waals surface area contributed by atoms with Crippen LogP contribution in [0, 0.1) is 0 Å². The molecule has 2 heterocycles.